The molecule has 1 unspecified atom stereocenters. The van der Waals surface area contributed by atoms with Crippen LogP contribution in [0.1, 0.15) is 188 Å². The molecule has 0 aliphatic carbocycles. The van der Waals surface area contributed by atoms with Crippen LogP contribution in [-0.2, 0) is 28.6 Å². The lowest BCUT2D eigenvalue weighted by Gasteiger charge is -2.18. The molecule has 0 aromatic heterocycles. The molecule has 0 amide bonds. The minimum absolute atomic E-state index is 0.112. The first kappa shape index (κ1) is 60.3. The van der Waals surface area contributed by atoms with Crippen LogP contribution in [-0.4, -0.2) is 37.2 Å². The predicted molar refractivity (Wildman–Crippen MR) is 279 cm³/mol. The summed E-state index contributed by atoms with van der Waals surface area (Å²) < 4.78 is 16.7. The molecule has 0 aromatic rings. The van der Waals surface area contributed by atoms with Crippen LogP contribution in [0.2, 0.25) is 0 Å². The predicted octanol–water partition coefficient (Wildman–Crippen LogP) is 16.9. The van der Waals surface area contributed by atoms with Crippen molar-refractivity contribution in [3.8, 4) is 0 Å². The third-order valence-electron chi connectivity index (χ3n) is 10.0. The van der Waals surface area contributed by atoms with E-state index >= 15 is 0 Å². The summed E-state index contributed by atoms with van der Waals surface area (Å²) in [5.74, 6) is -1.01. The molecule has 1 atom stereocenters. The van der Waals surface area contributed by atoms with Gasteiger partial charge in [0.15, 0.2) is 6.10 Å². The number of hydrogen-bond donors (Lipinski definition) is 0. The summed E-state index contributed by atoms with van der Waals surface area (Å²) in [5.41, 5.74) is 0. The lowest BCUT2D eigenvalue weighted by Crippen LogP contribution is -2.30. The van der Waals surface area contributed by atoms with Crippen LogP contribution < -0.4 is 0 Å². The second kappa shape index (κ2) is 51.9. The second-order valence-electron chi connectivity index (χ2n) is 16.2. The van der Waals surface area contributed by atoms with Gasteiger partial charge in [0.2, 0.25) is 0 Å². The normalized spacial score (nSPS) is 13.3. The maximum absolute atomic E-state index is 12.8. The van der Waals surface area contributed by atoms with Gasteiger partial charge in [-0.1, -0.05) is 231 Å². The van der Waals surface area contributed by atoms with Crippen LogP contribution in [0.25, 0.3) is 0 Å². The van der Waals surface area contributed by atoms with Gasteiger partial charge in [-0.15, -0.1) is 0 Å². The number of allylic oxidation sites excluding steroid dienone is 24. The van der Waals surface area contributed by atoms with Crippen LogP contribution in [0, 0.1) is 0 Å². The van der Waals surface area contributed by atoms with Gasteiger partial charge in [-0.25, -0.2) is 0 Å². The van der Waals surface area contributed by atoms with Gasteiger partial charge in [0, 0.05) is 19.3 Å². The van der Waals surface area contributed by atoms with Crippen LogP contribution in [0.3, 0.4) is 0 Å². The van der Waals surface area contributed by atoms with E-state index in [0.717, 1.165) is 103 Å². The molecule has 6 heteroatoms. The molecule has 0 aromatic carbocycles. The average Bonchev–Trinajstić information content (AvgIpc) is 3.30. The molecule has 0 aliphatic heterocycles. The number of unbranched alkanes of at least 4 members (excludes halogenated alkanes) is 14. The van der Waals surface area contributed by atoms with Crippen LogP contribution in [0.5, 0.6) is 0 Å². The molecule has 6 nitrogen and oxygen atoms in total. The van der Waals surface area contributed by atoms with E-state index in [-0.39, 0.29) is 37.5 Å². The number of ether oxygens (including phenoxy) is 3. The van der Waals surface area contributed by atoms with Crippen molar-refractivity contribution in [2.24, 2.45) is 0 Å². The van der Waals surface area contributed by atoms with E-state index in [2.05, 4.69) is 93.7 Å². The van der Waals surface area contributed by atoms with Crippen molar-refractivity contribution < 1.29 is 28.6 Å². The standard InChI is InChI=1S/C59H90O6/c1-4-7-10-13-16-19-21-23-25-27-29-31-33-35-37-40-43-46-49-52-58(61)64-55-56(54-63-57(60)51-48-45-42-39-18-15-12-9-6-3)65-59(62)53-50-47-44-41-38-36-34-32-30-28-26-24-22-20-17-14-11-8-5-2/h7-8,10-11,13,16-17,19-21,23-27,29-33,35-38,56H,4-6,9,12,14-15,18,22,28,34,39-55H2,1-3H3/b10-7-,11-8-,16-13-,20-17-,21-19-,25-23-,26-24-,29-27+,32-30-,33-31-,37-35-,38-36-. The summed E-state index contributed by atoms with van der Waals surface area (Å²) in [4.78, 5) is 37.9. The molecule has 0 aliphatic rings. The Balaban J connectivity index is 4.54. The quantitative estimate of drug-likeness (QED) is 0.0199. The number of carbonyl (C=O) groups is 3. The number of esters is 3. The van der Waals surface area contributed by atoms with Gasteiger partial charge in [-0.3, -0.25) is 14.4 Å². The summed E-state index contributed by atoms with van der Waals surface area (Å²) in [5, 5.41) is 0. The van der Waals surface area contributed by atoms with Gasteiger partial charge in [0.25, 0.3) is 0 Å². The number of rotatable bonds is 43. The maximum Gasteiger partial charge on any atom is 0.306 e. The zero-order chi connectivity index (χ0) is 47.2. The molecular weight excluding hydrogens is 805 g/mol. The molecule has 0 bridgehead atoms. The van der Waals surface area contributed by atoms with Crippen LogP contribution in [0.15, 0.2) is 146 Å². The van der Waals surface area contributed by atoms with Gasteiger partial charge in [-0.2, -0.15) is 0 Å². The molecule has 0 fully saturated rings. The Morgan fingerprint density at radius 2 is 0.677 bits per heavy atom. The highest BCUT2D eigenvalue weighted by atomic mass is 16.6. The fraction of sp³-hybridized carbons (Fsp3) is 0.542. The third kappa shape index (κ3) is 50.2. The molecule has 0 radical (unpaired) electrons. The highest BCUT2D eigenvalue weighted by molar-refractivity contribution is 5.71. The Hall–Kier alpha value is -4.71. The van der Waals surface area contributed by atoms with Crippen molar-refractivity contribution in [3.05, 3.63) is 146 Å². The van der Waals surface area contributed by atoms with Gasteiger partial charge >= 0.3 is 17.9 Å². The molecule has 0 heterocycles. The zero-order valence-corrected chi connectivity index (χ0v) is 41.2. The number of carbonyl (C=O) groups excluding carboxylic acids is 3. The van der Waals surface area contributed by atoms with Crippen molar-refractivity contribution in [2.75, 3.05) is 13.2 Å². The molecule has 0 rings (SSSR count). The van der Waals surface area contributed by atoms with E-state index in [0.29, 0.717) is 19.3 Å². The number of hydrogen-bond acceptors (Lipinski definition) is 6. The minimum Gasteiger partial charge on any atom is -0.462 e. The maximum atomic E-state index is 12.8. The Bertz CT molecular complexity index is 1490. The van der Waals surface area contributed by atoms with E-state index in [1.54, 1.807) is 0 Å². The Morgan fingerprint density at radius 3 is 1.12 bits per heavy atom. The minimum atomic E-state index is -0.818. The topological polar surface area (TPSA) is 78.9 Å². The first-order valence-corrected chi connectivity index (χ1v) is 25.4. The summed E-state index contributed by atoms with van der Waals surface area (Å²) in [6, 6.07) is 0. The largest absolute Gasteiger partial charge is 0.462 e. The molecule has 65 heavy (non-hydrogen) atoms. The van der Waals surface area contributed by atoms with Gasteiger partial charge < -0.3 is 14.2 Å². The molecular formula is C59H90O6. The fourth-order valence-electron chi connectivity index (χ4n) is 6.27. The summed E-state index contributed by atoms with van der Waals surface area (Å²) in [7, 11) is 0. The van der Waals surface area contributed by atoms with Gasteiger partial charge in [0.1, 0.15) is 13.2 Å². The van der Waals surface area contributed by atoms with E-state index < -0.39 is 6.10 Å². The average molecular weight is 895 g/mol. The zero-order valence-electron chi connectivity index (χ0n) is 41.2. The second-order valence-corrected chi connectivity index (χ2v) is 16.2. The summed E-state index contributed by atoms with van der Waals surface area (Å²) >= 11 is 0. The van der Waals surface area contributed by atoms with E-state index in [1.807, 2.05) is 72.9 Å². The summed E-state index contributed by atoms with van der Waals surface area (Å²) in [6.45, 7) is 6.26. The molecule has 0 saturated heterocycles. The van der Waals surface area contributed by atoms with Crippen molar-refractivity contribution in [3.63, 3.8) is 0 Å². The molecule has 0 N–H and O–H groups in total. The molecule has 0 spiro atoms. The first-order valence-electron chi connectivity index (χ1n) is 25.4. The SMILES string of the molecule is CC\C=C/C=C\C=C/C=C\C=C\C=C/C=C\CCCCCC(=O)OCC(COC(=O)CCCCCCCCCCC)OC(=O)CCCCC/C=C\C/C=C\C/C=C\C/C=C\C/C=C\CC. The monoisotopic (exact) mass is 895 g/mol. The van der Waals surface area contributed by atoms with Gasteiger partial charge in [-0.05, 0) is 83.5 Å². The highest BCUT2D eigenvalue weighted by Crippen LogP contribution is 2.12. The lowest BCUT2D eigenvalue weighted by atomic mass is 10.1. The van der Waals surface area contributed by atoms with E-state index in [4.69, 9.17) is 14.2 Å². The fourth-order valence-corrected chi connectivity index (χ4v) is 6.27. The smallest absolute Gasteiger partial charge is 0.306 e. The Kier molecular flexibility index (Phi) is 48.2. The van der Waals surface area contributed by atoms with Crippen molar-refractivity contribution in [2.45, 2.75) is 194 Å². The Labute approximate surface area is 397 Å². The molecule has 362 valence electrons. The van der Waals surface area contributed by atoms with Crippen LogP contribution in [0.4, 0.5) is 0 Å². The van der Waals surface area contributed by atoms with E-state index in [9.17, 15) is 14.4 Å². The highest BCUT2D eigenvalue weighted by Gasteiger charge is 2.19. The lowest BCUT2D eigenvalue weighted by molar-refractivity contribution is -0.167. The summed E-state index contributed by atoms with van der Waals surface area (Å²) in [6.07, 6.45) is 74.0. The van der Waals surface area contributed by atoms with Gasteiger partial charge in [0.05, 0.1) is 0 Å². The Morgan fingerprint density at radius 1 is 0.338 bits per heavy atom. The van der Waals surface area contributed by atoms with Crippen molar-refractivity contribution in [1.29, 1.82) is 0 Å². The molecule has 0 saturated carbocycles. The van der Waals surface area contributed by atoms with Crippen molar-refractivity contribution in [1.82, 2.24) is 0 Å². The van der Waals surface area contributed by atoms with E-state index in [1.165, 1.54) is 38.5 Å². The van der Waals surface area contributed by atoms with Crippen LogP contribution >= 0.6 is 0 Å². The first-order chi connectivity index (χ1) is 32.0. The van der Waals surface area contributed by atoms with Crippen molar-refractivity contribution >= 4 is 17.9 Å². The third-order valence-corrected chi connectivity index (χ3v) is 10.0.